The molecule has 2 aliphatic rings. The number of rotatable bonds is 2. The second-order valence-corrected chi connectivity index (χ2v) is 4.02. The summed E-state index contributed by atoms with van der Waals surface area (Å²) in [5.74, 6) is -0.493. The van der Waals surface area contributed by atoms with Crippen LogP contribution in [0.5, 0.6) is 0 Å². The Labute approximate surface area is 77.8 Å². The van der Waals surface area contributed by atoms with Crippen LogP contribution >= 0.6 is 0 Å². The third kappa shape index (κ3) is 1.72. The van der Waals surface area contributed by atoms with E-state index in [2.05, 4.69) is 0 Å². The van der Waals surface area contributed by atoms with Gasteiger partial charge in [0, 0.05) is 6.61 Å². The molecule has 2 fully saturated rings. The average molecular weight is 188 g/mol. The Morgan fingerprint density at radius 1 is 1.38 bits per heavy atom. The van der Waals surface area contributed by atoms with Gasteiger partial charge in [-0.1, -0.05) is 0 Å². The maximum absolute atomic E-state index is 8.80. The maximum atomic E-state index is 8.80. The van der Waals surface area contributed by atoms with E-state index in [-0.39, 0.29) is 24.9 Å². The first-order valence-electron chi connectivity index (χ1n) is 4.70. The van der Waals surface area contributed by atoms with Gasteiger partial charge in [-0.2, -0.15) is 0 Å². The zero-order chi connectivity index (χ0) is 9.47. The lowest BCUT2D eigenvalue weighted by molar-refractivity contribution is -0.176. The molecule has 76 valence electrons. The van der Waals surface area contributed by atoms with E-state index >= 15 is 0 Å². The molecular weight excluding hydrogens is 172 g/mol. The molecule has 0 spiro atoms. The van der Waals surface area contributed by atoms with Crippen LogP contribution in [-0.2, 0) is 14.2 Å². The molecule has 3 atom stereocenters. The quantitative estimate of drug-likeness (QED) is 0.676. The molecular formula is C9H16O4. The lowest BCUT2D eigenvalue weighted by Crippen LogP contribution is -2.30. The molecule has 0 saturated carbocycles. The highest BCUT2D eigenvalue weighted by Crippen LogP contribution is 2.35. The molecule has 0 bridgehead atoms. The van der Waals surface area contributed by atoms with Crippen LogP contribution < -0.4 is 0 Å². The highest BCUT2D eigenvalue weighted by atomic mass is 16.8. The monoisotopic (exact) mass is 188 g/mol. The van der Waals surface area contributed by atoms with Crippen molar-refractivity contribution in [2.75, 3.05) is 13.2 Å². The highest BCUT2D eigenvalue weighted by molar-refractivity contribution is 4.91. The van der Waals surface area contributed by atoms with Gasteiger partial charge in [-0.25, -0.2) is 0 Å². The van der Waals surface area contributed by atoms with Crippen molar-refractivity contribution in [2.24, 2.45) is 0 Å². The molecule has 0 aromatic heterocycles. The lowest BCUT2D eigenvalue weighted by atomic mass is 10.1. The number of ether oxygens (including phenoxy) is 3. The molecule has 4 heteroatoms. The summed E-state index contributed by atoms with van der Waals surface area (Å²) in [5.41, 5.74) is 0. The van der Waals surface area contributed by atoms with Gasteiger partial charge >= 0.3 is 0 Å². The van der Waals surface area contributed by atoms with Crippen molar-refractivity contribution in [1.29, 1.82) is 0 Å². The van der Waals surface area contributed by atoms with Crippen molar-refractivity contribution in [3.8, 4) is 0 Å². The number of hydrogen-bond acceptors (Lipinski definition) is 4. The Morgan fingerprint density at radius 3 is 2.85 bits per heavy atom. The molecule has 0 aliphatic carbocycles. The number of fused-ring (bicyclic) bond motifs is 1. The van der Waals surface area contributed by atoms with Gasteiger partial charge in [-0.05, 0) is 20.3 Å². The van der Waals surface area contributed by atoms with E-state index in [1.165, 1.54) is 0 Å². The van der Waals surface area contributed by atoms with Crippen LogP contribution in [0.15, 0.2) is 0 Å². The van der Waals surface area contributed by atoms with E-state index in [4.69, 9.17) is 19.3 Å². The van der Waals surface area contributed by atoms with E-state index < -0.39 is 5.79 Å². The molecule has 0 radical (unpaired) electrons. The maximum Gasteiger partial charge on any atom is 0.164 e. The zero-order valence-corrected chi connectivity index (χ0v) is 8.03. The summed E-state index contributed by atoms with van der Waals surface area (Å²) in [6.45, 7) is 4.53. The van der Waals surface area contributed by atoms with Crippen LogP contribution in [0.1, 0.15) is 20.3 Å². The molecule has 0 amide bonds. The summed E-state index contributed by atoms with van der Waals surface area (Å²) in [6, 6.07) is 0. The molecule has 3 unspecified atom stereocenters. The highest BCUT2D eigenvalue weighted by Gasteiger charge is 2.49. The normalized spacial score (nSPS) is 42.2. The van der Waals surface area contributed by atoms with Crippen LogP contribution in [-0.4, -0.2) is 42.4 Å². The zero-order valence-electron chi connectivity index (χ0n) is 8.03. The predicted octanol–water partition coefficient (Wildman–Crippen LogP) is 0.288. The van der Waals surface area contributed by atoms with Gasteiger partial charge in [0.25, 0.3) is 0 Å². The minimum atomic E-state index is -0.493. The molecule has 2 aliphatic heterocycles. The minimum absolute atomic E-state index is 0.00199. The Bertz CT molecular complexity index is 190. The summed E-state index contributed by atoms with van der Waals surface area (Å²) in [5, 5.41) is 8.80. The lowest BCUT2D eigenvalue weighted by Gasteiger charge is -2.21. The van der Waals surface area contributed by atoms with E-state index in [0.717, 1.165) is 0 Å². The summed E-state index contributed by atoms with van der Waals surface area (Å²) < 4.78 is 16.7. The van der Waals surface area contributed by atoms with Gasteiger partial charge < -0.3 is 19.3 Å². The Morgan fingerprint density at radius 2 is 2.15 bits per heavy atom. The SMILES string of the molecule is CC1(C)OC2COC(CCO)C2O1. The first-order valence-corrected chi connectivity index (χ1v) is 4.70. The van der Waals surface area contributed by atoms with Crippen LogP contribution in [0, 0.1) is 0 Å². The third-order valence-electron chi connectivity index (χ3n) is 2.48. The molecule has 2 saturated heterocycles. The van der Waals surface area contributed by atoms with Crippen LogP contribution in [0.25, 0.3) is 0 Å². The van der Waals surface area contributed by atoms with Gasteiger partial charge in [-0.3, -0.25) is 0 Å². The number of aliphatic hydroxyl groups excluding tert-OH is 1. The van der Waals surface area contributed by atoms with Crippen molar-refractivity contribution in [2.45, 2.75) is 44.4 Å². The van der Waals surface area contributed by atoms with E-state index in [1.54, 1.807) is 0 Å². The molecule has 2 rings (SSSR count). The Balaban J connectivity index is 1.99. The van der Waals surface area contributed by atoms with E-state index in [9.17, 15) is 0 Å². The van der Waals surface area contributed by atoms with Gasteiger partial charge in [0.2, 0.25) is 0 Å². The predicted molar refractivity (Wildman–Crippen MR) is 45.3 cm³/mol. The Kier molecular flexibility index (Phi) is 2.32. The largest absolute Gasteiger partial charge is 0.396 e. The summed E-state index contributed by atoms with van der Waals surface area (Å²) in [6.07, 6.45) is 0.672. The number of aliphatic hydroxyl groups is 1. The van der Waals surface area contributed by atoms with Crippen molar-refractivity contribution in [3.63, 3.8) is 0 Å². The first-order chi connectivity index (χ1) is 6.12. The number of hydrogen-bond donors (Lipinski definition) is 1. The summed E-state index contributed by atoms with van der Waals surface area (Å²) in [4.78, 5) is 0. The molecule has 2 heterocycles. The fourth-order valence-electron chi connectivity index (χ4n) is 2.00. The topological polar surface area (TPSA) is 47.9 Å². The Hall–Kier alpha value is -0.160. The van der Waals surface area contributed by atoms with E-state index in [0.29, 0.717) is 13.0 Å². The van der Waals surface area contributed by atoms with Crippen LogP contribution in [0.3, 0.4) is 0 Å². The van der Waals surface area contributed by atoms with Crippen molar-refractivity contribution < 1.29 is 19.3 Å². The van der Waals surface area contributed by atoms with Crippen LogP contribution in [0.4, 0.5) is 0 Å². The van der Waals surface area contributed by atoms with Crippen molar-refractivity contribution in [3.05, 3.63) is 0 Å². The summed E-state index contributed by atoms with van der Waals surface area (Å²) >= 11 is 0. The minimum Gasteiger partial charge on any atom is -0.396 e. The average Bonchev–Trinajstić information content (AvgIpc) is 2.48. The molecule has 0 aromatic rings. The molecule has 4 nitrogen and oxygen atoms in total. The second kappa shape index (κ2) is 3.20. The smallest absolute Gasteiger partial charge is 0.164 e. The second-order valence-electron chi connectivity index (χ2n) is 4.02. The van der Waals surface area contributed by atoms with Gasteiger partial charge in [0.15, 0.2) is 5.79 Å². The van der Waals surface area contributed by atoms with Gasteiger partial charge in [0.1, 0.15) is 12.2 Å². The van der Waals surface area contributed by atoms with Crippen molar-refractivity contribution >= 4 is 0 Å². The molecule has 1 N–H and O–H groups in total. The third-order valence-corrected chi connectivity index (χ3v) is 2.48. The first kappa shape index (κ1) is 9.40. The van der Waals surface area contributed by atoms with Crippen molar-refractivity contribution in [1.82, 2.24) is 0 Å². The van der Waals surface area contributed by atoms with Gasteiger partial charge in [0.05, 0.1) is 12.7 Å². The van der Waals surface area contributed by atoms with Crippen LogP contribution in [0.2, 0.25) is 0 Å². The fraction of sp³-hybridized carbons (Fsp3) is 1.00. The van der Waals surface area contributed by atoms with E-state index in [1.807, 2.05) is 13.8 Å². The standard InChI is InChI=1S/C9H16O4/c1-9(2)12-7-5-11-6(3-4-10)8(7)13-9/h6-8,10H,3-5H2,1-2H3. The molecule has 0 aromatic carbocycles. The van der Waals surface area contributed by atoms with Gasteiger partial charge in [-0.15, -0.1) is 0 Å². The summed E-state index contributed by atoms with van der Waals surface area (Å²) in [7, 11) is 0. The molecule has 13 heavy (non-hydrogen) atoms. The fourth-order valence-corrected chi connectivity index (χ4v) is 2.00.